The molecular weight excluding hydrogens is 228 g/mol. The van der Waals surface area contributed by atoms with Gasteiger partial charge < -0.3 is 9.26 Å². The van der Waals surface area contributed by atoms with Crippen LogP contribution in [-0.2, 0) is 10.3 Å². The molecule has 1 aliphatic rings. The molecule has 1 saturated carbocycles. The van der Waals surface area contributed by atoms with Crippen molar-refractivity contribution in [3.05, 3.63) is 11.7 Å². The zero-order valence-electron chi connectivity index (χ0n) is 9.70. The Kier molecular flexibility index (Phi) is 3.50. The predicted molar refractivity (Wildman–Crippen MR) is 60.3 cm³/mol. The van der Waals surface area contributed by atoms with E-state index in [4.69, 9.17) is 20.9 Å². The Labute approximate surface area is 100 Å². The first-order valence-electron chi connectivity index (χ1n) is 5.71. The molecule has 1 aliphatic carbocycles. The fraction of sp³-hybridized carbons (Fsp3) is 0.818. The third-order valence-electron chi connectivity index (χ3n) is 3.24. The first-order valence-corrected chi connectivity index (χ1v) is 6.15. The number of alkyl halides is 1. The number of nitrogens with zero attached hydrogens (tertiary/aromatic N) is 2. The van der Waals surface area contributed by atoms with Crippen LogP contribution in [0.4, 0.5) is 0 Å². The SMILES string of the molecule is COC1(c2noc(C(C)Cl)n2)CCCCC1. The first-order chi connectivity index (χ1) is 7.68. The molecule has 0 saturated heterocycles. The Morgan fingerprint density at radius 1 is 1.38 bits per heavy atom. The summed E-state index contributed by atoms with van der Waals surface area (Å²) < 4.78 is 10.8. The van der Waals surface area contributed by atoms with Crippen LogP contribution < -0.4 is 0 Å². The molecule has 0 aliphatic heterocycles. The first kappa shape index (κ1) is 11.9. The van der Waals surface area contributed by atoms with Crippen LogP contribution in [0.25, 0.3) is 0 Å². The van der Waals surface area contributed by atoms with Crippen molar-refractivity contribution < 1.29 is 9.26 Å². The van der Waals surface area contributed by atoms with Crippen molar-refractivity contribution in [1.82, 2.24) is 10.1 Å². The molecular formula is C11H17ClN2O2. The molecule has 16 heavy (non-hydrogen) atoms. The summed E-state index contributed by atoms with van der Waals surface area (Å²) in [6.07, 6.45) is 5.46. The standard InChI is InChI=1S/C11H17ClN2O2/c1-8(12)9-13-10(14-16-9)11(15-2)6-4-3-5-7-11/h8H,3-7H2,1-2H3. The van der Waals surface area contributed by atoms with Gasteiger partial charge in [-0.1, -0.05) is 24.4 Å². The highest BCUT2D eigenvalue weighted by atomic mass is 35.5. The number of ether oxygens (including phenoxy) is 1. The minimum atomic E-state index is -0.355. The van der Waals surface area contributed by atoms with Crippen molar-refractivity contribution in [2.45, 2.75) is 50.0 Å². The fourth-order valence-corrected chi connectivity index (χ4v) is 2.31. The van der Waals surface area contributed by atoms with Gasteiger partial charge in [0, 0.05) is 7.11 Å². The van der Waals surface area contributed by atoms with E-state index in [0.29, 0.717) is 11.7 Å². The number of aromatic nitrogens is 2. The maximum Gasteiger partial charge on any atom is 0.244 e. The normalized spacial score (nSPS) is 21.9. The summed E-state index contributed by atoms with van der Waals surface area (Å²) in [5.74, 6) is 1.12. The maximum absolute atomic E-state index is 5.91. The Bertz CT molecular complexity index is 346. The summed E-state index contributed by atoms with van der Waals surface area (Å²) in [4.78, 5) is 4.34. The zero-order valence-corrected chi connectivity index (χ0v) is 10.5. The zero-order chi connectivity index (χ0) is 11.6. The quantitative estimate of drug-likeness (QED) is 0.767. The molecule has 1 atom stereocenters. The monoisotopic (exact) mass is 244 g/mol. The van der Waals surface area contributed by atoms with Gasteiger partial charge in [-0.2, -0.15) is 4.98 Å². The highest BCUT2D eigenvalue weighted by Crippen LogP contribution is 2.38. The number of methoxy groups -OCH3 is 1. The van der Waals surface area contributed by atoms with Gasteiger partial charge in [0.1, 0.15) is 11.0 Å². The van der Waals surface area contributed by atoms with Crippen LogP contribution in [0, 0.1) is 0 Å². The van der Waals surface area contributed by atoms with E-state index in [1.54, 1.807) is 7.11 Å². The third kappa shape index (κ3) is 2.09. The Morgan fingerprint density at radius 3 is 2.56 bits per heavy atom. The summed E-state index contributed by atoms with van der Waals surface area (Å²) in [5.41, 5.74) is -0.355. The van der Waals surface area contributed by atoms with Gasteiger partial charge in [0.2, 0.25) is 11.7 Å². The largest absolute Gasteiger partial charge is 0.370 e. The van der Waals surface area contributed by atoms with Crippen molar-refractivity contribution in [1.29, 1.82) is 0 Å². The molecule has 1 aromatic rings. The van der Waals surface area contributed by atoms with Gasteiger partial charge in [-0.15, -0.1) is 11.6 Å². The van der Waals surface area contributed by atoms with Gasteiger partial charge in [-0.05, 0) is 19.8 Å². The molecule has 1 heterocycles. The van der Waals surface area contributed by atoms with Gasteiger partial charge in [0.05, 0.1) is 0 Å². The second-order valence-electron chi connectivity index (χ2n) is 4.33. The summed E-state index contributed by atoms with van der Waals surface area (Å²) in [6, 6.07) is 0. The van der Waals surface area contributed by atoms with E-state index in [1.807, 2.05) is 6.92 Å². The molecule has 5 heteroatoms. The summed E-state index contributed by atoms with van der Waals surface area (Å²) in [5, 5.41) is 3.76. The second kappa shape index (κ2) is 4.72. The molecule has 0 bridgehead atoms. The van der Waals surface area contributed by atoms with Gasteiger partial charge in [-0.25, -0.2) is 0 Å². The van der Waals surface area contributed by atoms with Gasteiger partial charge in [-0.3, -0.25) is 0 Å². The average Bonchev–Trinajstić information content (AvgIpc) is 2.80. The molecule has 0 radical (unpaired) electrons. The van der Waals surface area contributed by atoms with E-state index >= 15 is 0 Å². The van der Waals surface area contributed by atoms with E-state index in [9.17, 15) is 0 Å². The highest BCUT2D eigenvalue weighted by Gasteiger charge is 2.38. The van der Waals surface area contributed by atoms with E-state index in [-0.39, 0.29) is 11.0 Å². The van der Waals surface area contributed by atoms with E-state index in [0.717, 1.165) is 25.7 Å². The van der Waals surface area contributed by atoms with Crippen molar-refractivity contribution >= 4 is 11.6 Å². The van der Waals surface area contributed by atoms with Crippen LogP contribution in [0.2, 0.25) is 0 Å². The second-order valence-corrected chi connectivity index (χ2v) is 4.99. The van der Waals surface area contributed by atoms with Crippen molar-refractivity contribution in [3.8, 4) is 0 Å². The van der Waals surface area contributed by atoms with Gasteiger partial charge in [0.25, 0.3) is 0 Å². The summed E-state index contributed by atoms with van der Waals surface area (Å²) in [6.45, 7) is 1.82. The summed E-state index contributed by atoms with van der Waals surface area (Å²) >= 11 is 5.91. The minimum Gasteiger partial charge on any atom is -0.370 e. The lowest BCUT2D eigenvalue weighted by Crippen LogP contribution is -2.32. The molecule has 2 rings (SSSR count). The van der Waals surface area contributed by atoms with Crippen LogP contribution in [-0.4, -0.2) is 17.3 Å². The Hall–Kier alpha value is -0.610. The van der Waals surface area contributed by atoms with Crippen molar-refractivity contribution in [2.24, 2.45) is 0 Å². The molecule has 0 amide bonds. The van der Waals surface area contributed by atoms with Crippen LogP contribution in [0.3, 0.4) is 0 Å². The maximum atomic E-state index is 5.91. The van der Waals surface area contributed by atoms with Crippen molar-refractivity contribution in [2.75, 3.05) is 7.11 Å². The fourth-order valence-electron chi connectivity index (χ4n) is 2.22. The number of rotatable bonds is 3. The van der Waals surface area contributed by atoms with Crippen molar-refractivity contribution in [3.63, 3.8) is 0 Å². The number of hydrogen-bond donors (Lipinski definition) is 0. The van der Waals surface area contributed by atoms with E-state index in [1.165, 1.54) is 6.42 Å². The van der Waals surface area contributed by atoms with E-state index < -0.39 is 0 Å². The topological polar surface area (TPSA) is 48.2 Å². The lowest BCUT2D eigenvalue weighted by Gasteiger charge is -2.32. The highest BCUT2D eigenvalue weighted by molar-refractivity contribution is 6.20. The van der Waals surface area contributed by atoms with Crippen LogP contribution in [0.5, 0.6) is 0 Å². The third-order valence-corrected chi connectivity index (χ3v) is 3.43. The summed E-state index contributed by atoms with van der Waals surface area (Å²) in [7, 11) is 1.71. The minimum absolute atomic E-state index is 0.251. The number of hydrogen-bond acceptors (Lipinski definition) is 4. The number of halogens is 1. The predicted octanol–water partition coefficient (Wildman–Crippen LogP) is 3.18. The van der Waals surface area contributed by atoms with E-state index in [2.05, 4.69) is 10.1 Å². The molecule has 1 fully saturated rings. The van der Waals surface area contributed by atoms with Crippen LogP contribution >= 0.6 is 11.6 Å². The molecule has 1 aromatic heterocycles. The molecule has 0 aromatic carbocycles. The molecule has 0 spiro atoms. The molecule has 4 nitrogen and oxygen atoms in total. The Morgan fingerprint density at radius 2 is 2.06 bits per heavy atom. The van der Waals surface area contributed by atoms with Crippen LogP contribution in [0.15, 0.2) is 4.52 Å². The molecule has 90 valence electrons. The average molecular weight is 245 g/mol. The lowest BCUT2D eigenvalue weighted by molar-refractivity contribution is -0.0527. The Balaban J connectivity index is 2.25. The molecule has 1 unspecified atom stereocenters. The molecule has 0 N–H and O–H groups in total. The van der Waals surface area contributed by atoms with Gasteiger partial charge in [0.15, 0.2) is 0 Å². The van der Waals surface area contributed by atoms with Crippen LogP contribution in [0.1, 0.15) is 56.1 Å². The smallest absolute Gasteiger partial charge is 0.244 e. The van der Waals surface area contributed by atoms with Gasteiger partial charge >= 0.3 is 0 Å². The lowest BCUT2D eigenvalue weighted by atomic mass is 9.84.